The Morgan fingerprint density at radius 2 is 1.08 bits per heavy atom. The van der Waals surface area contributed by atoms with Gasteiger partial charge < -0.3 is 0 Å². The van der Waals surface area contributed by atoms with Crippen LogP contribution in [0.25, 0.3) is 0 Å². The Balaban J connectivity index is 4.12. The molecule has 12 heavy (non-hydrogen) atoms. The molecule has 72 valence electrons. The van der Waals surface area contributed by atoms with Crippen molar-refractivity contribution in [1.82, 2.24) is 9.80 Å². The van der Waals surface area contributed by atoms with Crippen molar-refractivity contribution in [2.24, 2.45) is 0 Å². The summed E-state index contributed by atoms with van der Waals surface area (Å²) in [5, 5.41) is 0. The van der Waals surface area contributed by atoms with Crippen molar-refractivity contribution in [1.29, 1.82) is 0 Å². The van der Waals surface area contributed by atoms with Crippen LogP contribution in [0.3, 0.4) is 0 Å². The molecule has 0 aromatic carbocycles. The molecule has 0 N–H and O–H groups in total. The summed E-state index contributed by atoms with van der Waals surface area (Å²) < 4.78 is 1.28. The normalized spacial score (nSPS) is 9.67. The summed E-state index contributed by atoms with van der Waals surface area (Å²) in [6, 6.07) is 0. The van der Waals surface area contributed by atoms with Gasteiger partial charge >= 0.3 is 83.9 Å². The maximum absolute atomic E-state index is 3.15. The Labute approximate surface area is 84.3 Å². The molecule has 0 aromatic heterocycles. The molecule has 0 unspecified atom stereocenters. The third-order valence-electron chi connectivity index (χ3n) is 2.07. The van der Waals surface area contributed by atoms with Crippen molar-refractivity contribution in [2.45, 2.75) is 27.7 Å². The van der Waals surface area contributed by atoms with Crippen LogP contribution in [0.1, 0.15) is 27.7 Å². The quantitative estimate of drug-likeness (QED) is 0.632. The molecule has 0 amide bonds. The molecule has 0 atom stereocenters. The van der Waals surface area contributed by atoms with Gasteiger partial charge in [0, 0.05) is 0 Å². The van der Waals surface area contributed by atoms with Crippen LogP contribution < -0.4 is 0 Å². The van der Waals surface area contributed by atoms with Crippen molar-refractivity contribution in [2.75, 3.05) is 26.2 Å². The van der Waals surface area contributed by atoms with E-state index in [-0.39, 0.29) is 0 Å². The molecular weight excluding hydrogens is 215 g/mol. The molecule has 0 aliphatic heterocycles. The van der Waals surface area contributed by atoms with E-state index in [0.29, 0.717) is 0 Å². The van der Waals surface area contributed by atoms with Gasteiger partial charge in [0.25, 0.3) is 0 Å². The Kier molecular flexibility index (Phi) is 6.49. The molecule has 0 rings (SSSR count). The zero-order chi connectivity index (χ0) is 9.56. The molecule has 0 bridgehead atoms. The van der Waals surface area contributed by atoms with E-state index in [1.54, 1.807) is 0 Å². The zero-order valence-electron chi connectivity index (χ0n) is 8.63. The van der Waals surface area contributed by atoms with Gasteiger partial charge in [-0.3, -0.25) is 0 Å². The molecule has 0 aliphatic carbocycles. The molecule has 0 heterocycles. The van der Waals surface area contributed by atoms with Gasteiger partial charge in [-0.1, -0.05) is 0 Å². The molecule has 2 nitrogen and oxygen atoms in total. The average molecular weight is 235 g/mol. The van der Waals surface area contributed by atoms with Crippen molar-refractivity contribution in [3.05, 3.63) is 0 Å². The minimum absolute atomic E-state index is 1.08. The molecule has 0 fully saturated rings. The summed E-state index contributed by atoms with van der Waals surface area (Å²) in [5.41, 5.74) is 0. The molecule has 0 aromatic rings. The predicted octanol–water partition coefficient (Wildman–Crippen LogP) is 0.926. The first kappa shape index (κ1) is 12.0. The summed E-state index contributed by atoms with van der Waals surface area (Å²) >= 11 is 3.15. The van der Waals surface area contributed by atoms with Gasteiger partial charge in [0.15, 0.2) is 0 Å². The number of hydrogen-bond acceptors (Lipinski definition) is 2. The van der Waals surface area contributed by atoms with Gasteiger partial charge in [0.1, 0.15) is 0 Å². The molecule has 0 saturated heterocycles. The van der Waals surface area contributed by atoms with Crippen LogP contribution in [0.5, 0.6) is 0 Å². The number of nitrogens with zero attached hydrogens (tertiary/aromatic N) is 2. The summed E-state index contributed by atoms with van der Waals surface area (Å²) in [4.78, 5) is 4.68. The Bertz CT molecular complexity index is 114. The zero-order valence-corrected chi connectivity index (χ0v) is 10.3. The minimum atomic E-state index is 1.08. The van der Waals surface area contributed by atoms with Crippen molar-refractivity contribution >= 4 is 20.2 Å². The second-order valence-electron chi connectivity index (χ2n) is 2.63. The summed E-state index contributed by atoms with van der Waals surface area (Å²) in [6.45, 7) is 13.1. The Morgan fingerprint density at radius 1 is 0.833 bits per heavy atom. The second-order valence-corrected chi connectivity index (χ2v) is 3.39. The van der Waals surface area contributed by atoms with Crippen molar-refractivity contribution < 1.29 is 0 Å². The first-order valence-corrected chi connectivity index (χ1v) is 5.60. The molecular formula is C9H20N2Se. The molecule has 0 saturated carbocycles. The van der Waals surface area contributed by atoms with E-state index < -0.39 is 0 Å². The van der Waals surface area contributed by atoms with Crippen LogP contribution >= 0.6 is 0 Å². The fourth-order valence-electron chi connectivity index (χ4n) is 1.19. The third kappa shape index (κ3) is 3.16. The van der Waals surface area contributed by atoms with Gasteiger partial charge in [-0.25, -0.2) is 0 Å². The van der Waals surface area contributed by atoms with Crippen LogP contribution in [-0.4, -0.2) is 56.2 Å². The average Bonchev–Trinajstić information content (AvgIpc) is 2.09. The van der Waals surface area contributed by atoms with Crippen LogP contribution in [-0.2, 0) is 0 Å². The number of rotatable bonds is 6. The van der Waals surface area contributed by atoms with Crippen molar-refractivity contribution in [3.8, 4) is 0 Å². The van der Waals surface area contributed by atoms with E-state index in [1.807, 2.05) is 0 Å². The van der Waals surface area contributed by atoms with Crippen LogP contribution in [0.4, 0.5) is 0 Å². The van der Waals surface area contributed by atoms with Gasteiger partial charge in [-0.15, -0.1) is 0 Å². The first-order chi connectivity index (χ1) is 5.71. The fraction of sp³-hybridized carbons (Fsp3) is 0.889. The van der Waals surface area contributed by atoms with Crippen LogP contribution in [0.15, 0.2) is 0 Å². The van der Waals surface area contributed by atoms with E-state index in [1.165, 1.54) is 4.67 Å². The topological polar surface area (TPSA) is 6.48 Å². The Morgan fingerprint density at radius 3 is 1.25 bits per heavy atom. The van der Waals surface area contributed by atoms with Gasteiger partial charge in [0.05, 0.1) is 0 Å². The second kappa shape index (κ2) is 6.50. The molecule has 0 radical (unpaired) electrons. The monoisotopic (exact) mass is 236 g/mol. The van der Waals surface area contributed by atoms with Crippen LogP contribution in [0.2, 0.25) is 0 Å². The van der Waals surface area contributed by atoms with E-state index in [4.69, 9.17) is 0 Å². The maximum atomic E-state index is 3.15. The summed E-state index contributed by atoms with van der Waals surface area (Å²) in [6.07, 6.45) is 0. The third-order valence-corrected chi connectivity index (χ3v) is 3.15. The summed E-state index contributed by atoms with van der Waals surface area (Å²) in [5.74, 6) is 0. The van der Waals surface area contributed by atoms with E-state index in [9.17, 15) is 0 Å². The van der Waals surface area contributed by atoms with Crippen LogP contribution in [0, 0.1) is 0 Å². The van der Waals surface area contributed by atoms with Gasteiger partial charge in [-0.2, -0.15) is 0 Å². The molecule has 0 aliphatic rings. The van der Waals surface area contributed by atoms with Gasteiger partial charge in [0.2, 0.25) is 0 Å². The standard InChI is InChI=1S/C9H20N2Se/c1-5-10(6-2)9(12)11(7-3)8-4/h5-8H2,1-4H3. The summed E-state index contributed by atoms with van der Waals surface area (Å²) in [7, 11) is 0. The number of hydrogen-bond donors (Lipinski definition) is 0. The van der Waals surface area contributed by atoms with E-state index in [0.717, 1.165) is 26.2 Å². The van der Waals surface area contributed by atoms with Crippen molar-refractivity contribution in [3.63, 3.8) is 0 Å². The van der Waals surface area contributed by atoms with E-state index >= 15 is 0 Å². The molecule has 3 heteroatoms. The Hall–Kier alpha value is -0.0105. The van der Waals surface area contributed by atoms with Gasteiger partial charge in [-0.05, 0) is 0 Å². The fourth-order valence-corrected chi connectivity index (χ4v) is 2.27. The SMILES string of the molecule is CCN(CC)C(=[Se])N(CC)CC. The van der Waals surface area contributed by atoms with E-state index in [2.05, 4.69) is 53.1 Å². The first-order valence-electron chi connectivity index (χ1n) is 4.74. The predicted molar refractivity (Wildman–Crippen MR) is 56.6 cm³/mol. The molecule has 0 spiro atoms.